The second kappa shape index (κ2) is 10.7. The summed E-state index contributed by atoms with van der Waals surface area (Å²) in [4.78, 5) is 12.8. The average molecular weight is 408 g/mol. The SMILES string of the molecule is CCOC(=O)C(Nc1ccc(C#N)cc1)c1cc(CC)cc(OC2CCOCC2)c1. The third-order valence-electron chi connectivity index (χ3n) is 5.05. The van der Waals surface area contributed by atoms with Crippen molar-refractivity contribution < 1.29 is 19.0 Å². The summed E-state index contributed by atoms with van der Waals surface area (Å²) in [5.41, 5.74) is 3.18. The largest absolute Gasteiger partial charge is 0.490 e. The molecule has 2 aromatic carbocycles. The van der Waals surface area contributed by atoms with Crippen LogP contribution in [0.4, 0.5) is 5.69 Å². The monoisotopic (exact) mass is 408 g/mol. The number of nitriles is 1. The number of benzene rings is 2. The molecule has 1 unspecified atom stereocenters. The van der Waals surface area contributed by atoms with Gasteiger partial charge in [0.1, 0.15) is 11.9 Å². The molecule has 30 heavy (non-hydrogen) atoms. The zero-order valence-corrected chi connectivity index (χ0v) is 17.5. The van der Waals surface area contributed by atoms with Crippen LogP contribution < -0.4 is 10.1 Å². The van der Waals surface area contributed by atoms with Gasteiger partial charge in [-0.25, -0.2) is 4.79 Å². The van der Waals surface area contributed by atoms with E-state index in [1.165, 1.54) is 0 Å². The van der Waals surface area contributed by atoms with Gasteiger partial charge in [-0.2, -0.15) is 5.26 Å². The minimum absolute atomic E-state index is 0.117. The molecular formula is C24H28N2O4. The van der Waals surface area contributed by atoms with Gasteiger partial charge in [0, 0.05) is 18.5 Å². The third-order valence-corrected chi connectivity index (χ3v) is 5.05. The van der Waals surface area contributed by atoms with E-state index in [1.54, 1.807) is 31.2 Å². The Morgan fingerprint density at radius 3 is 2.57 bits per heavy atom. The number of carbonyl (C=O) groups is 1. The molecule has 2 aromatic rings. The van der Waals surface area contributed by atoms with Crippen molar-refractivity contribution in [2.45, 2.75) is 45.3 Å². The van der Waals surface area contributed by atoms with Crippen molar-refractivity contribution in [3.8, 4) is 11.8 Å². The number of nitrogens with one attached hydrogen (secondary N) is 1. The number of rotatable bonds is 8. The second-order valence-corrected chi connectivity index (χ2v) is 7.21. The molecule has 0 amide bonds. The maximum atomic E-state index is 12.8. The molecule has 3 rings (SSSR count). The molecule has 1 aliphatic rings. The van der Waals surface area contributed by atoms with Gasteiger partial charge in [0.25, 0.3) is 0 Å². The fraction of sp³-hybridized carbons (Fsp3) is 0.417. The van der Waals surface area contributed by atoms with Crippen LogP contribution in [0.5, 0.6) is 5.75 Å². The summed E-state index contributed by atoms with van der Waals surface area (Å²) < 4.78 is 17.0. The van der Waals surface area contributed by atoms with Crippen LogP contribution >= 0.6 is 0 Å². The quantitative estimate of drug-likeness (QED) is 0.652. The van der Waals surface area contributed by atoms with Gasteiger partial charge in [-0.05, 0) is 60.9 Å². The fourth-order valence-electron chi connectivity index (χ4n) is 3.42. The summed E-state index contributed by atoms with van der Waals surface area (Å²) in [6.45, 7) is 5.57. The predicted octanol–water partition coefficient (Wildman–Crippen LogP) is 4.39. The first-order chi connectivity index (χ1) is 14.6. The maximum absolute atomic E-state index is 12.8. The van der Waals surface area contributed by atoms with Gasteiger partial charge in [0.05, 0.1) is 31.5 Å². The van der Waals surface area contributed by atoms with E-state index in [-0.39, 0.29) is 12.1 Å². The number of hydrogen-bond acceptors (Lipinski definition) is 6. The highest BCUT2D eigenvalue weighted by atomic mass is 16.5. The molecule has 0 bridgehead atoms. The zero-order chi connectivity index (χ0) is 21.3. The number of hydrogen-bond donors (Lipinski definition) is 1. The molecule has 6 nitrogen and oxygen atoms in total. The number of carbonyl (C=O) groups excluding carboxylic acids is 1. The number of esters is 1. The Hall–Kier alpha value is -3.04. The van der Waals surface area contributed by atoms with E-state index < -0.39 is 6.04 Å². The lowest BCUT2D eigenvalue weighted by atomic mass is 10.0. The van der Waals surface area contributed by atoms with Crippen LogP contribution in [0.15, 0.2) is 42.5 Å². The highest BCUT2D eigenvalue weighted by Gasteiger charge is 2.24. The molecule has 0 spiro atoms. The first-order valence-corrected chi connectivity index (χ1v) is 10.4. The average Bonchev–Trinajstić information content (AvgIpc) is 2.78. The van der Waals surface area contributed by atoms with Crippen molar-refractivity contribution in [3.63, 3.8) is 0 Å². The summed E-state index contributed by atoms with van der Waals surface area (Å²) in [7, 11) is 0. The summed E-state index contributed by atoms with van der Waals surface area (Å²) in [6, 6.07) is 14.4. The molecule has 0 aromatic heterocycles. The number of anilines is 1. The third kappa shape index (κ3) is 5.74. The van der Waals surface area contributed by atoms with Crippen molar-refractivity contribution in [2.75, 3.05) is 25.1 Å². The van der Waals surface area contributed by atoms with E-state index in [9.17, 15) is 4.79 Å². The lowest BCUT2D eigenvalue weighted by Crippen LogP contribution is -2.26. The number of nitrogens with zero attached hydrogens (tertiary/aromatic N) is 1. The standard InChI is InChI=1S/C24H28N2O4/c1-3-17-13-19(15-22(14-17)30-21-9-11-28-12-10-21)23(24(27)29-4-2)26-20-7-5-18(16-25)6-8-20/h5-8,13-15,21,23,26H,3-4,9-12H2,1-2H3. The highest BCUT2D eigenvalue weighted by Crippen LogP contribution is 2.28. The maximum Gasteiger partial charge on any atom is 0.333 e. The molecule has 158 valence electrons. The van der Waals surface area contributed by atoms with Gasteiger partial charge in [-0.3, -0.25) is 0 Å². The normalized spacial score (nSPS) is 15.1. The van der Waals surface area contributed by atoms with E-state index in [1.807, 2.05) is 18.2 Å². The second-order valence-electron chi connectivity index (χ2n) is 7.21. The highest BCUT2D eigenvalue weighted by molar-refractivity contribution is 5.81. The molecule has 1 N–H and O–H groups in total. The van der Waals surface area contributed by atoms with Crippen LogP contribution in [0, 0.1) is 11.3 Å². The Morgan fingerprint density at radius 2 is 1.93 bits per heavy atom. The molecule has 1 heterocycles. The lowest BCUT2D eigenvalue weighted by molar-refractivity contribution is -0.144. The molecule has 0 aliphatic carbocycles. The van der Waals surface area contributed by atoms with Crippen molar-refractivity contribution in [3.05, 3.63) is 59.2 Å². The summed E-state index contributed by atoms with van der Waals surface area (Å²) in [6.07, 6.45) is 2.66. The molecule has 6 heteroatoms. The van der Waals surface area contributed by atoms with Gasteiger partial charge in [-0.15, -0.1) is 0 Å². The van der Waals surface area contributed by atoms with Crippen LogP contribution in [0.1, 0.15) is 49.4 Å². The molecular weight excluding hydrogens is 380 g/mol. The fourth-order valence-corrected chi connectivity index (χ4v) is 3.42. The van der Waals surface area contributed by atoms with E-state index in [4.69, 9.17) is 19.5 Å². The van der Waals surface area contributed by atoms with Gasteiger partial charge in [0.15, 0.2) is 6.04 Å². The molecule has 1 atom stereocenters. The van der Waals surface area contributed by atoms with Gasteiger partial charge in [-0.1, -0.05) is 13.0 Å². The van der Waals surface area contributed by atoms with Crippen molar-refractivity contribution >= 4 is 11.7 Å². The van der Waals surface area contributed by atoms with Crippen LogP contribution in [0.3, 0.4) is 0 Å². The van der Waals surface area contributed by atoms with Crippen LogP contribution in [-0.4, -0.2) is 31.9 Å². The van der Waals surface area contributed by atoms with Crippen LogP contribution in [0.25, 0.3) is 0 Å². The van der Waals surface area contributed by atoms with E-state index >= 15 is 0 Å². The van der Waals surface area contributed by atoms with E-state index in [0.29, 0.717) is 25.4 Å². The van der Waals surface area contributed by atoms with Crippen LogP contribution in [-0.2, 0) is 20.7 Å². The molecule has 0 radical (unpaired) electrons. The first kappa shape index (κ1) is 21.7. The summed E-state index contributed by atoms with van der Waals surface area (Å²) in [5.74, 6) is 0.402. The minimum atomic E-state index is -0.679. The number of ether oxygens (including phenoxy) is 3. The molecule has 1 saturated heterocycles. The van der Waals surface area contributed by atoms with Crippen molar-refractivity contribution in [2.24, 2.45) is 0 Å². The Labute approximate surface area is 177 Å². The Bertz CT molecular complexity index is 883. The van der Waals surface area contributed by atoms with E-state index in [0.717, 1.165) is 41.8 Å². The molecule has 1 fully saturated rings. The van der Waals surface area contributed by atoms with Crippen molar-refractivity contribution in [1.82, 2.24) is 0 Å². The molecule has 0 saturated carbocycles. The summed E-state index contributed by atoms with van der Waals surface area (Å²) >= 11 is 0. The Kier molecular flexibility index (Phi) is 7.69. The van der Waals surface area contributed by atoms with Gasteiger partial charge < -0.3 is 19.5 Å². The topological polar surface area (TPSA) is 80.6 Å². The number of aryl methyl sites for hydroxylation is 1. The van der Waals surface area contributed by atoms with Crippen molar-refractivity contribution in [1.29, 1.82) is 5.26 Å². The Morgan fingerprint density at radius 1 is 1.20 bits per heavy atom. The Balaban J connectivity index is 1.89. The predicted molar refractivity (Wildman–Crippen MR) is 114 cm³/mol. The smallest absolute Gasteiger partial charge is 0.333 e. The first-order valence-electron chi connectivity index (χ1n) is 10.4. The summed E-state index contributed by atoms with van der Waals surface area (Å²) in [5, 5.41) is 12.3. The van der Waals surface area contributed by atoms with Gasteiger partial charge in [0.2, 0.25) is 0 Å². The molecule has 1 aliphatic heterocycles. The van der Waals surface area contributed by atoms with Gasteiger partial charge >= 0.3 is 5.97 Å². The van der Waals surface area contributed by atoms with E-state index in [2.05, 4.69) is 18.3 Å². The van der Waals surface area contributed by atoms with Crippen LogP contribution in [0.2, 0.25) is 0 Å². The lowest BCUT2D eigenvalue weighted by Gasteiger charge is -2.25. The minimum Gasteiger partial charge on any atom is -0.490 e. The zero-order valence-electron chi connectivity index (χ0n) is 17.5.